The van der Waals surface area contributed by atoms with Crippen molar-refractivity contribution in [3.05, 3.63) is 109 Å². The molecule has 3 aromatic carbocycles. The number of nitrogens with zero attached hydrogens (tertiary/aromatic N) is 3. The average Bonchev–Trinajstić information content (AvgIpc) is 2.97. The zero-order valence-electron chi connectivity index (χ0n) is 23.2. The molecule has 11 heteroatoms. The van der Waals surface area contributed by atoms with Crippen LogP contribution in [0.15, 0.2) is 103 Å². The van der Waals surface area contributed by atoms with E-state index in [4.69, 9.17) is 4.74 Å². The van der Waals surface area contributed by atoms with E-state index in [9.17, 15) is 13.2 Å². The van der Waals surface area contributed by atoms with Gasteiger partial charge in [-0.1, -0.05) is 42.5 Å². The van der Waals surface area contributed by atoms with Crippen LogP contribution in [0.2, 0.25) is 0 Å². The number of likely N-dealkylation sites (tertiary alicyclic amines) is 1. The summed E-state index contributed by atoms with van der Waals surface area (Å²) >= 11 is 0. The summed E-state index contributed by atoms with van der Waals surface area (Å²) in [7, 11) is -3.33. The second kappa shape index (κ2) is 14.2. The summed E-state index contributed by atoms with van der Waals surface area (Å²) in [5.41, 5.74) is 3.21. The highest BCUT2D eigenvalue weighted by atomic mass is 35.5. The first kappa shape index (κ1) is 30.8. The second-order valence-corrected chi connectivity index (χ2v) is 11.8. The van der Waals surface area contributed by atoms with Gasteiger partial charge in [-0.2, -0.15) is 0 Å². The van der Waals surface area contributed by atoms with Crippen molar-refractivity contribution >= 4 is 45.5 Å². The molecule has 1 aromatic heterocycles. The highest BCUT2D eigenvalue weighted by Gasteiger charge is 2.29. The molecular weight excluding hydrogens is 574 g/mol. The monoisotopic (exact) mass is 607 g/mol. The number of rotatable bonds is 9. The lowest BCUT2D eigenvalue weighted by Gasteiger charge is -2.38. The standard InChI is InChI=1S/C31H33N5O4S.ClH/c1-41(38,39)34-26-13-15-29(16-14-26)40-30-17-12-24(22-32-30)23-35-20-18-28(19-21-35)36(27-10-6-3-7-11-27)31(37)33-25-8-4-2-5-9-25;/h2-17,22,28,34H,18-21,23H2,1H3,(H,33,37);1H. The van der Waals surface area contributed by atoms with Gasteiger partial charge < -0.3 is 10.1 Å². The van der Waals surface area contributed by atoms with Gasteiger partial charge in [0.05, 0.1) is 6.26 Å². The molecule has 0 saturated carbocycles. The number of urea groups is 1. The fourth-order valence-corrected chi connectivity index (χ4v) is 5.44. The molecular formula is C31H34ClN5O4S. The fraction of sp³-hybridized carbons (Fsp3) is 0.226. The molecule has 0 bridgehead atoms. The molecule has 5 rings (SSSR count). The van der Waals surface area contributed by atoms with Crippen LogP contribution in [0.5, 0.6) is 11.6 Å². The highest BCUT2D eigenvalue weighted by Crippen LogP contribution is 2.26. The molecule has 4 aromatic rings. The molecule has 1 aliphatic heterocycles. The summed E-state index contributed by atoms with van der Waals surface area (Å²) in [6.07, 6.45) is 4.63. The predicted octanol–water partition coefficient (Wildman–Crippen LogP) is 6.37. The lowest BCUT2D eigenvalue weighted by Crippen LogP contribution is -2.49. The Morgan fingerprint density at radius 1 is 0.905 bits per heavy atom. The van der Waals surface area contributed by atoms with Crippen molar-refractivity contribution in [2.45, 2.75) is 25.4 Å². The Kier molecular flexibility index (Phi) is 10.4. The van der Waals surface area contributed by atoms with E-state index in [0.717, 1.165) is 55.7 Å². The second-order valence-electron chi connectivity index (χ2n) is 10.0. The van der Waals surface area contributed by atoms with E-state index in [0.29, 0.717) is 17.3 Å². The topological polar surface area (TPSA) is 104 Å². The Balaban J connectivity index is 0.00000405. The molecule has 9 nitrogen and oxygen atoms in total. The highest BCUT2D eigenvalue weighted by molar-refractivity contribution is 7.92. The number of ether oxygens (including phenoxy) is 1. The number of piperidine rings is 1. The summed E-state index contributed by atoms with van der Waals surface area (Å²) in [5, 5.41) is 3.05. The van der Waals surface area contributed by atoms with Crippen LogP contribution in [-0.4, -0.2) is 49.7 Å². The minimum Gasteiger partial charge on any atom is -0.439 e. The molecule has 0 atom stereocenters. The number of benzene rings is 3. The van der Waals surface area contributed by atoms with Gasteiger partial charge in [0, 0.05) is 55.0 Å². The molecule has 2 heterocycles. The number of hydrogen-bond donors (Lipinski definition) is 2. The van der Waals surface area contributed by atoms with Crippen molar-refractivity contribution in [3.63, 3.8) is 0 Å². The minimum absolute atomic E-state index is 0. The van der Waals surface area contributed by atoms with Crippen LogP contribution >= 0.6 is 12.4 Å². The molecule has 0 unspecified atom stereocenters. The lowest BCUT2D eigenvalue weighted by molar-refractivity contribution is 0.199. The number of carbonyl (C=O) groups is 1. The van der Waals surface area contributed by atoms with Gasteiger partial charge in [0.15, 0.2) is 0 Å². The number of carbonyl (C=O) groups excluding carboxylic acids is 1. The molecule has 2 N–H and O–H groups in total. The Morgan fingerprint density at radius 2 is 1.55 bits per heavy atom. The van der Waals surface area contributed by atoms with Crippen molar-refractivity contribution < 1.29 is 17.9 Å². The Morgan fingerprint density at radius 3 is 2.14 bits per heavy atom. The molecule has 1 saturated heterocycles. The lowest BCUT2D eigenvalue weighted by atomic mass is 10.0. The van der Waals surface area contributed by atoms with Gasteiger partial charge in [0.1, 0.15) is 5.75 Å². The summed E-state index contributed by atoms with van der Waals surface area (Å²) in [4.78, 5) is 22.1. The molecule has 220 valence electrons. The summed E-state index contributed by atoms with van der Waals surface area (Å²) < 4.78 is 31.0. The van der Waals surface area contributed by atoms with Crippen molar-refractivity contribution in [2.24, 2.45) is 0 Å². The first-order valence-electron chi connectivity index (χ1n) is 13.5. The van der Waals surface area contributed by atoms with Crippen LogP contribution in [-0.2, 0) is 16.6 Å². The van der Waals surface area contributed by atoms with Gasteiger partial charge in [-0.25, -0.2) is 18.2 Å². The predicted molar refractivity (Wildman–Crippen MR) is 169 cm³/mol. The molecule has 0 radical (unpaired) electrons. The van der Waals surface area contributed by atoms with Crippen molar-refractivity contribution in [1.29, 1.82) is 0 Å². The Hall–Kier alpha value is -4.12. The third-order valence-electron chi connectivity index (χ3n) is 6.78. The minimum atomic E-state index is -3.33. The van der Waals surface area contributed by atoms with Gasteiger partial charge in [-0.3, -0.25) is 14.5 Å². The number of pyridine rings is 1. The average molecular weight is 608 g/mol. The first-order chi connectivity index (χ1) is 19.8. The number of para-hydroxylation sites is 2. The molecule has 0 spiro atoms. The number of amides is 2. The number of sulfonamides is 1. The van der Waals surface area contributed by atoms with Crippen LogP contribution in [0.3, 0.4) is 0 Å². The molecule has 2 amide bonds. The zero-order valence-corrected chi connectivity index (χ0v) is 24.9. The molecule has 1 aliphatic rings. The van der Waals surface area contributed by atoms with E-state index in [-0.39, 0.29) is 24.5 Å². The maximum atomic E-state index is 13.4. The molecule has 42 heavy (non-hydrogen) atoms. The van der Waals surface area contributed by atoms with E-state index < -0.39 is 10.0 Å². The van der Waals surface area contributed by atoms with E-state index >= 15 is 0 Å². The largest absolute Gasteiger partial charge is 0.439 e. The third-order valence-corrected chi connectivity index (χ3v) is 7.39. The summed E-state index contributed by atoms with van der Waals surface area (Å²) in [5.74, 6) is 1.02. The van der Waals surface area contributed by atoms with Gasteiger partial charge in [-0.05, 0) is 66.9 Å². The maximum absolute atomic E-state index is 13.4. The van der Waals surface area contributed by atoms with Crippen LogP contribution in [0.25, 0.3) is 0 Å². The maximum Gasteiger partial charge on any atom is 0.326 e. The van der Waals surface area contributed by atoms with Gasteiger partial charge >= 0.3 is 6.03 Å². The first-order valence-corrected chi connectivity index (χ1v) is 15.3. The summed E-state index contributed by atoms with van der Waals surface area (Å²) in [6.45, 7) is 2.48. The van der Waals surface area contributed by atoms with Crippen molar-refractivity contribution in [1.82, 2.24) is 9.88 Å². The smallest absolute Gasteiger partial charge is 0.326 e. The fourth-order valence-electron chi connectivity index (χ4n) is 4.87. The van der Waals surface area contributed by atoms with Crippen molar-refractivity contribution in [3.8, 4) is 11.6 Å². The van der Waals surface area contributed by atoms with Gasteiger partial charge in [-0.15, -0.1) is 12.4 Å². The zero-order chi connectivity index (χ0) is 28.7. The van der Waals surface area contributed by atoms with Crippen molar-refractivity contribution in [2.75, 3.05) is 34.3 Å². The van der Waals surface area contributed by atoms with Crippen LogP contribution in [0, 0.1) is 0 Å². The number of anilines is 3. The Bertz CT molecular complexity index is 1530. The number of halogens is 1. The quantitative estimate of drug-likeness (QED) is 0.229. The number of hydrogen-bond acceptors (Lipinski definition) is 6. The number of nitrogens with one attached hydrogen (secondary N) is 2. The third kappa shape index (κ3) is 8.69. The van der Waals surface area contributed by atoms with Gasteiger partial charge in [0.25, 0.3) is 0 Å². The van der Waals surface area contributed by atoms with Crippen LogP contribution in [0.1, 0.15) is 18.4 Å². The normalized spacial score (nSPS) is 13.9. The molecule has 0 aliphatic carbocycles. The van der Waals surface area contributed by atoms with E-state index in [1.165, 1.54) is 0 Å². The Labute approximate surface area is 253 Å². The van der Waals surface area contributed by atoms with E-state index in [2.05, 4.69) is 19.9 Å². The van der Waals surface area contributed by atoms with E-state index in [1.807, 2.05) is 83.9 Å². The van der Waals surface area contributed by atoms with Gasteiger partial charge in [0.2, 0.25) is 15.9 Å². The van der Waals surface area contributed by atoms with Crippen LogP contribution in [0.4, 0.5) is 21.9 Å². The van der Waals surface area contributed by atoms with E-state index in [1.54, 1.807) is 24.3 Å². The summed E-state index contributed by atoms with van der Waals surface area (Å²) in [6, 6.07) is 29.8. The molecule has 1 fully saturated rings. The SMILES string of the molecule is CS(=O)(=O)Nc1ccc(Oc2ccc(CN3CCC(N(C(=O)Nc4ccccc4)c4ccccc4)CC3)cn2)cc1.Cl. The number of aromatic nitrogens is 1. The van der Waals surface area contributed by atoms with Crippen LogP contribution < -0.4 is 19.7 Å².